The van der Waals surface area contributed by atoms with Gasteiger partial charge in [0.05, 0.1) is 40.4 Å². The first-order valence-corrected chi connectivity index (χ1v) is 13.5. The second kappa shape index (κ2) is 9.79. The number of H-pyrrole nitrogens is 1. The number of hydrogen-bond donors (Lipinski definition) is 3. The molecule has 3 atom stereocenters. The molecule has 0 saturated carbocycles. The number of nitrogens with zero attached hydrogens (tertiary/aromatic N) is 2. The van der Waals surface area contributed by atoms with Gasteiger partial charge in [-0.15, -0.1) is 0 Å². The maximum absolute atomic E-state index is 11.7. The Morgan fingerprint density at radius 3 is 2.33 bits per heavy atom. The van der Waals surface area contributed by atoms with Gasteiger partial charge in [-0.05, 0) is 29.3 Å². The number of imidazole rings is 1. The molecular formula is C25H24ClN3O6S. The van der Waals surface area contributed by atoms with E-state index in [1.807, 2.05) is 24.3 Å². The zero-order chi connectivity index (χ0) is 25.4. The van der Waals surface area contributed by atoms with E-state index < -0.39 is 28.1 Å². The van der Waals surface area contributed by atoms with Gasteiger partial charge in [0.1, 0.15) is 12.2 Å². The summed E-state index contributed by atoms with van der Waals surface area (Å²) in [5.41, 5.74) is 4.19. The molecule has 11 heteroatoms. The van der Waals surface area contributed by atoms with E-state index in [-0.39, 0.29) is 24.1 Å². The molecule has 9 nitrogen and oxygen atoms in total. The van der Waals surface area contributed by atoms with Crippen LogP contribution >= 0.6 is 11.6 Å². The van der Waals surface area contributed by atoms with Crippen LogP contribution in [0.5, 0.6) is 6.01 Å². The molecule has 1 fully saturated rings. The molecule has 2 aromatic carbocycles. The minimum Gasteiger partial charge on any atom is -0.459 e. The number of pyridine rings is 1. The van der Waals surface area contributed by atoms with Crippen molar-refractivity contribution in [2.75, 3.05) is 19.5 Å². The molecule has 0 bridgehead atoms. The Hall–Kier alpha value is -3.02. The normalized spacial score (nSPS) is 20.5. The van der Waals surface area contributed by atoms with E-state index in [9.17, 15) is 18.6 Å². The Bertz CT molecular complexity index is 1490. The van der Waals surface area contributed by atoms with Crippen LogP contribution in [0.1, 0.15) is 6.42 Å². The number of aliphatic hydroxyl groups is 2. The van der Waals surface area contributed by atoms with E-state index in [0.29, 0.717) is 28.3 Å². The number of halogens is 1. The Labute approximate surface area is 212 Å². The number of aromatic amines is 1. The summed E-state index contributed by atoms with van der Waals surface area (Å²) in [4.78, 5) is 12.3. The molecule has 1 saturated heterocycles. The fraction of sp³-hybridized carbons (Fsp3) is 0.280. The van der Waals surface area contributed by atoms with E-state index in [1.165, 1.54) is 6.26 Å². The second-order valence-electron chi connectivity index (χ2n) is 8.70. The fourth-order valence-corrected chi connectivity index (χ4v) is 5.01. The molecule has 0 spiro atoms. The summed E-state index contributed by atoms with van der Waals surface area (Å²) in [6.45, 7) is -0.0255. The highest BCUT2D eigenvalue weighted by Gasteiger charge is 2.31. The topological polar surface area (TPSA) is 135 Å². The third-order valence-corrected chi connectivity index (χ3v) is 7.48. The molecule has 1 aliphatic heterocycles. The van der Waals surface area contributed by atoms with Crippen LogP contribution in [-0.4, -0.2) is 71.4 Å². The van der Waals surface area contributed by atoms with Gasteiger partial charge in [0.25, 0.3) is 6.01 Å². The largest absolute Gasteiger partial charge is 0.459 e. The zero-order valence-corrected chi connectivity index (χ0v) is 20.8. The average Bonchev–Trinajstić information content (AvgIpc) is 3.24. The summed E-state index contributed by atoms with van der Waals surface area (Å²) in [6, 6.07) is 16.3. The Balaban J connectivity index is 1.35. The quantitative estimate of drug-likeness (QED) is 0.346. The highest BCUT2D eigenvalue weighted by molar-refractivity contribution is 7.90. The molecule has 3 N–H and O–H groups in total. The Morgan fingerprint density at radius 1 is 1.08 bits per heavy atom. The van der Waals surface area contributed by atoms with Gasteiger partial charge < -0.3 is 24.7 Å². The molecule has 0 amide bonds. The summed E-state index contributed by atoms with van der Waals surface area (Å²) in [5, 5.41) is 19.7. The van der Waals surface area contributed by atoms with Crippen molar-refractivity contribution in [2.45, 2.75) is 29.6 Å². The van der Waals surface area contributed by atoms with Crippen molar-refractivity contribution < 1.29 is 28.1 Å². The summed E-state index contributed by atoms with van der Waals surface area (Å²) in [7, 11) is -3.25. The van der Waals surface area contributed by atoms with E-state index >= 15 is 0 Å². The predicted octanol–water partition coefficient (Wildman–Crippen LogP) is 3.24. The lowest BCUT2D eigenvalue weighted by Crippen LogP contribution is -2.45. The summed E-state index contributed by atoms with van der Waals surface area (Å²) in [6.07, 6.45) is -0.358. The number of nitrogens with one attached hydrogen (secondary N) is 1. The molecule has 0 radical (unpaired) electrons. The first kappa shape index (κ1) is 24.7. The third-order valence-electron chi connectivity index (χ3n) is 6.07. The molecule has 36 heavy (non-hydrogen) atoms. The summed E-state index contributed by atoms with van der Waals surface area (Å²) < 4.78 is 34.6. The van der Waals surface area contributed by atoms with Gasteiger partial charge in [-0.25, -0.2) is 13.4 Å². The van der Waals surface area contributed by atoms with Gasteiger partial charge in [-0.1, -0.05) is 48.0 Å². The molecule has 4 aromatic rings. The molecule has 3 heterocycles. The lowest BCUT2D eigenvalue weighted by molar-refractivity contribution is -0.131. The van der Waals surface area contributed by atoms with Crippen molar-refractivity contribution in [1.82, 2.24) is 15.0 Å². The smallest absolute Gasteiger partial charge is 0.296 e. The highest BCUT2D eigenvalue weighted by Crippen LogP contribution is 2.32. The lowest BCUT2D eigenvalue weighted by Gasteiger charge is -2.31. The van der Waals surface area contributed by atoms with Crippen LogP contribution in [0.25, 0.3) is 33.5 Å². The van der Waals surface area contributed by atoms with Crippen LogP contribution in [-0.2, 0) is 14.6 Å². The van der Waals surface area contributed by atoms with Crippen molar-refractivity contribution in [3.63, 3.8) is 0 Å². The van der Waals surface area contributed by atoms with E-state index in [1.54, 1.807) is 30.3 Å². The first-order chi connectivity index (χ1) is 17.2. The maximum atomic E-state index is 11.7. The number of hydrogen-bond acceptors (Lipinski definition) is 8. The minimum absolute atomic E-state index is 0.224. The van der Waals surface area contributed by atoms with Crippen LogP contribution in [0.15, 0.2) is 59.5 Å². The van der Waals surface area contributed by atoms with Crippen molar-refractivity contribution >= 4 is 32.6 Å². The van der Waals surface area contributed by atoms with Gasteiger partial charge in [0.2, 0.25) is 0 Å². The van der Waals surface area contributed by atoms with Crippen molar-refractivity contribution in [3.8, 4) is 28.4 Å². The van der Waals surface area contributed by atoms with Gasteiger partial charge >= 0.3 is 0 Å². The standard InChI is InChI=1S/C25H24ClN3O6S/c1-36(32,33)18-8-6-15(7-9-18)14-2-4-16(5-3-14)23-19(26)11-20-24(28-23)29-25(27-20)35-17-10-21(31)22(12-30)34-13-17/h2-9,11,17,21-22,30-31H,10,12-13H2,1H3,(H,27,28,29)/t17-,21+,22-/m1/s1. The zero-order valence-electron chi connectivity index (χ0n) is 19.3. The van der Waals surface area contributed by atoms with Crippen LogP contribution in [0.4, 0.5) is 0 Å². The molecule has 0 unspecified atom stereocenters. The van der Waals surface area contributed by atoms with Crippen LogP contribution in [0, 0.1) is 0 Å². The van der Waals surface area contributed by atoms with Crippen LogP contribution < -0.4 is 4.74 Å². The molecule has 188 valence electrons. The van der Waals surface area contributed by atoms with Gasteiger partial charge in [-0.2, -0.15) is 4.98 Å². The van der Waals surface area contributed by atoms with Crippen molar-refractivity contribution in [3.05, 3.63) is 59.6 Å². The Morgan fingerprint density at radius 2 is 1.72 bits per heavy atom. The van der Waals surface area contributed by atoms with Gasteiger partial charge in [0, 0.05) is 18.2 Å². The molecule has 0 aliphatic carbocycles. The third kappa shape index (κ3) is 5.09. The molecular weight excluding hydrogens is 506 g/mol. The SMILES string of the molecule is CS(=O)(=O)c1ccc(-c2ccc(-c3nc4nc(O[C@H]5CO[C@H](CO)[C@@H](O)C5)[nH]c4cc3Cl)cc2)cc1. The number of fused-ring (bicyclic) bond motifs is 1. The van der Waals surface area contributed by atoms with E-state index in [0.717, 1.165) is 16.7 Å². The Kier molecular flexibility index (Phi) is 6.71. The van der Waals surface area contributed by atoms with E-state index in [4.69, 9.17) is 21.1 Å². The number of benzene rings is 2. The van der Waals surface area contributed by atoms with Crippen LogP contribution in [0.3, 0.4) is 0 Å². The fourth-order valence-electron chi connectivity index (χ4n) is 4.11. The average molecular weight is 530 g/mol. The maximum Gasteiger partial charge on any atom is 0.296 e. The monoisotopic (exact) mass is 529 g/mol. The molecule has 2 aromatic heterocycles. The molecule has 5 rings (SSSR count). The first-order valence-electron chi connectivity index (χ1n) is 11.3. The summed E-state index contributed by atoms with van der Waals surface area (Å²) >= 11 is 6.52. The van der Waals surface area contributed by atoms with E-state index in [2.05, 4.69) is 15.0 Å². The molecule has 1 aliphatic rings. The number of rotatable bonds is 6. The predicted molar refractivity (Wildman–Crippen MR) is 135 cm³/mol. The van der Waals surface area contributed by atoms with Crippen LogP contribution in [0.2, 0.25) is 5.02 Å². The van der Waals surface area contributed by atoms with Crippen molar-refractivity contribution in [1.29, 1.82) is 0 Å². The second-order valence-corrected chi connectivity index (χ2v) is 11.1. The lowest BCUT2D eigenvalue weighted by atomic mass is 10.0. The number of aliphatic hydroxyl groups excluding tert-OH is 2. The number of aromatic nitrogens is 3. The highest BCUT2D eigenvalue weighted by atomic mass is 35.5. The number of sulfone groups is 1. The van der Waals surface area contributed by atoms with Gasteiger partial charge in [-0.3, -0.25) is 0 Å². The minimum atomic E-state index is -3.25. The van der Waals surface area contributed by atoms with Gasteiger partial charge in [0.15, 0.2) is 15.5 Å². The van der Waals surface area contributed by atoms with Crippen molar-refractivity contribution in [2.24, 2.45) is 0 Å². The number of ether oxygens (including phenoxy) is 2. The summed E-state index contributed by atoms with van der Waals surface area (Å²) in [5.74, 6) is 0.